The minimum absolute atomic E-state index is 0.286. The molecular weight excluding hydrogens is 259 g/mol. The minimum Gasteiger partial charge on any atom is -0.360 e. The quantitative estimate of drug-likeness (QED) is 0.273. The van der Waals surface area contributed by atoms with Crippen LogP contribution in [0.2, 0.25) is 25.7 Å². The number of halogens is 1. The highest BCUT2D eigenvalue weighted by Gasteiger charge is 2.14. The van der Waals surface area contributed by atoms with Crippen molar-refractivity contribution >= 4 is 13.8 Å². The average Bonchev–Trinajstić information content (AvgIpc) is 2.33. The molecule has 19 heavy (non-hydrogen) atoms. The number of hydrogen-bond donors (Lipinski definition) is 1. The Morgan fingerprint density at radius 3 is 2.53 bits per heavy atom. The van der Waals surface area contributed by atoms with Crippen molar-refractivity contribution in [2.45, 2.75) is 38.8 Å². The molecule has 3 nitrogen and oxygen atoms in total. The van der Waals surface area contributed by atoms with Crippen LogP contribution in [-0.4, -0.2) is 21.4 Å². The van der Waals surface area contributed by atoms with Gasteiger partial charge >= 0.3 is 0 Å². The summed E-state index contributed by atoms with van der Waals surface area (Å²) in [6.07, 6.45) is -1.04. The lowest BCUT2D eigenvalue weighted by atomic mass is 10.1. The minimum atomic E-state index is -1.08. The molecule has 1 aromatic carbocycles. The largest absolute Gasteiger partial charge is 0.360 e. The Balaban J connectivity index is 2.52. The summed E-state index contributed by atoms with van der Waals surface area (Å²) < 4.78 is 19.1. The van der Waals surface area contributed by atoms with E-state index in [-0.39, 0.29) is 6.73 Å². The Labute approximate surface area is 116 Å². The second-order valence-electron chi connectivity index (χ2n) is 5.99. The molecule has 0 aliphatic heterocycles. The van der Waals surface area contributed by atoms with Crippen LogP contribution in [-0.2, 0) is 4.74 Å². The average molecular weight is 284 g/mol. The van der Waals surface area contributed by atoms with Gasteiger partial charge in [0, 0.05) is 20.2 Å². The summed E-state index contributed by atoms with van der Waals surface area (Å²) in [4.78, 5) is 0. The molecule has 108 valence electrons. The second-order valence-corrected chi connectivity index (χ2v) is 11.6. The number of para-hydroxylation sites is 1. The first-order valence-electron chi connectivity index (χ1n) is 6.64. The highest BCUT2D eigenvalue weighted by molar-refractivity contribution is 6.76. The molecule has 0 saturated heterocycles. The number of hydrogen-bond acceptors (Lipinski definition) is 3. The first-order chi connectivity index (χ1) is 8.81. The van der Waals surface area contributed by atoms with Crippen molar-refractivity contribution < 1.29 is 9.13 Å². The van der Waals surface area contributed by atoms with E-state index in [9.17, 15) is 4.39 Å². The molecule has 2 N–H and O–H groups in total. The molecule has 1 unspecified atom stereocenters. The Kier molecular flexibility index (Phi) is 5.97. The normalized spacial score (nSPS) is 13.4. The van der Waals surface area contributed by atoms with Crippen molar-refractivity contribution in [2.24, 2.45) is 5.84 Å². The highest BCUT2D eigenvalue weighted by Crippen LogP contribution is 2.26. The van der Waals surface area contributed by atoms with Crippen molar-refractivity contribution in [3.63, 3.8) is 0 Å². The van der Waals surface area contributed by atoms with Crippen LogP contribution < -0.4 is 10.9 Å². The molecular formula is C14H25FN2OSi. The topological polar surface area (TPSA) is 38.5 Å². The summed E-state index contributed by atoms with van der Waals surface area (Å²) in [6, 6.07) is 8.33. The van der Waals surface area contributed by atoms with Gasteiger partial charge in [0.05, 0.1) is 5.69 Å². The van der Waals surface area contributed by atoms with E-state index in [2.05, 4.69) is 19.6 Å². The zero-order chi connectivity index (χ0) is 14.5. The van der Waals surface area contributed by atoms with E-state index >= 15 is 0 Å². The van der Waals surface area contributed by atoms with Crippen LogP contribution in [0.15, 0.2) is 24.3 Å². The third kappa shape index (κ3) is 5.72. The molecule has 0 saturated carbocycles. The zero-order valence-corrected chi connectivity index (χ0v) is 13.3. The van der Waals surface area contributed by atoms with Crippen LogP contribution in [0.1, 0.15) is 18.7 Å². The lowest BCUT2D eigenvalue weighted by molar-refractivity contribution is 0.146. The molecule has 0 heterocycles. The third-order valence-corrected chi connectivity index (χ3v) is 4.61. The Hall–Kier alpha value is -0.913. The van der Waals surface area contributed by atoms with Gasteiger partial charge in [-0.05, 0) is 19.0 Å². The van der Waals surface area contributed by atoms with E-state index in [4.69, 9.17) is 10.6 Å². The van der Waals surface area contributed by atoms with Gasteiger partial charge in [-0.15, -0.1) is 0 Å². The summed E-state index contributed by atoms with van der Waals surface area (Å²) in [5.41, 5.74) is 1.28. The monoisotopic (exact) mass is 284 g/mol. The van der Waals surface area contributed by atoms with E-state index < -0.39 is 14.2 Å². The van der Waals surface area contributed by atoms with Gasteiger partial charge in [-0.25, -0.2) is 10.2 Å². The van der Waals surface area contributed by atoms with Crippen LogP contribution in [0.4, 0.5) is 10.1 Å². The molecule has 0 fully saturated rings. The number of hydrazine groups is 1. The van der Waals surface area contributed by atoms with E-state index in [0.717, 1.165) is 6.04 Å². The summed E-state index contributed by atoms with van der Waals surface area (Å²) >= 11 is 0. The number of nitrogens with two attached hydrogens (primary N) is 1. The molecule has 0 bridgehead atoms. The molecule has 1 atom stereocenters. The third-order valence-electron chi connectivity index (χ3n) is 2.90. The van der Waals surface area contributed by atoms with Crippen molar-refractivity contribution in [3.05, 3.63) is 29.8 Å². The summed E-state index contributed by atoms with van der Waals surface area (Å²) in [7, 11) is -1.08. The van der Waals surface area contributed by atoms with Crippen LogP contribution in [0, 0.1) is 0 Å². The van der Waals surface area contributed by atoms with Gasteiger partial charge in [0.15, 0.2) is 0 Å². The van der Waals surface area contributed by atoms with Crippen molar-refractivity contribution in [3.8, 4) is 0 Å². The fraction of sp³-hybridized carbons (Fsp3) is 0.571. The predicted molar refractivity (Wildman–Crippen MR) is 81.6 cm³/mol. The predicted octanol–water partition coefficient (Wildman–Crippen LogP) is 3.71. The second kappa shape index (κ2) is 7.03. The Bertz CT molecular complexity index is 393. The molecule has 0 radical (unpaired) electrons. The van der Waals surface area contributed by atoms with Crippen molar-refractivity contribution in [2.75, 3.05) is 18.3 Å². The number of alkyl halides is 1. The fourth-order valence-corrected chi connectivity index (χ4v) is 2.45. The molecule has 0 spiro atoms. The Morgan fingerprint density at radius 2 is 1.95 bits per heavy atom. The van der Waals surface area contributed by atoms with E-state index in [1.165, 1.54) is 11.9 Å². The molecule has 0 aliphatic rings. The van der Waals surface area contributed by atoms with Gasteiger partial charge in [-0.3, -0.25) is 5.01 Å². The summed E-state index contributed by atoms with van der Waals surface area (Å²) in [5, 5.41) is 1.47. The highest BCUT2D eigenvalue weighted by atomic mass is 28.3. The molecule has 1 aromatic rings. The first-order valence-corrected chi connectivity index (χ1v) is 10.3. The van der Waals surface area contributed by atoms with Gasteiger partial charge in [-0.2, -0.15) is 0 Å². The van der Waals surface area contributed by atoms with Crippen LogP contribution in [0.25, 0.3) is 0 Å². The lowest BCUT2D eigenvalue weighted by Crippen LogP contribution is -2.35. The molecule has 0 aromatic heterocycles. The van der Waals surface area contributed by atoms with Crippen LogP contribution in [0.5, 0.6) is 0 Å². The SMILES string of the molecule is CC(F)c1ccccc1N(N)COCC[Si](C)(C)C. The van der Waals surface area contributed by atoms with Gasteiger partial charge in [-0.1, -0.05) is 37.8 Å². The maximum Gasteiger partial charge on any atom is 0.133 e. The van der Waals surface area contributed by atoms with Crippen molar-refractivity contribution in [1.29, 1.82) is 0 Å². The van der Waals surface area contributed by atoms with Crippen molar-refractivity contribution in [1.82, 2.24) is 0 Å². The maximum atomic E-state index is 13.5. The van der Waals surface area contributed by atoms with E-state index in [1.807, 2.05) is 18.2 Å². The Morgan fingerprint density at radius 1 is 1.32 bits per heavy atom. The van der Waals surface area contributed by atoms with Gasteiger partial charge in [0.1, 0.15) is 12.9 Å². The zero-order valence-electron chi connectivity index (χ0n) is 12.3. The van der Waals surface area contributed by atoms with E-state index in [0.29, 0.717) is 17.9 Å². The summed E-state index contributed by atoms with van der Waals surface area (Å²) in [5.74, 6) is 5.94. The number of anilines is 1. The number of rotatable bonds is 7. The van der Waals surface area contributed by atoms with Gasteiger partial charge in [0.2, 0.25) is 0 Å². The first kappa shape index (κ1) is 16.1. The van der Waals surface area contributed by atoms with E-state index in [1.54, 1.807) is 6.07 Å². The lowest BCUT2D eigenvalue weighted by Gasteiger charge is -2.23. The van der Waals surface area contributed by atoms with Crippen LogP contribution >= 0.6 is 0 Å². The van der Waals surface area contributed by atoms with Crippen LogP contribution in [0.3, 0.4) is 0 Å². The van der Waals surface area contributed by atoms with Gasteiger partial charge < -0.3 is 4.74 Å². The number of nitrogens with zero attached hydrogens (tertiary/aromatic N) is 1. The molecule has 5 heteroatoms. The molecule has 1 rings (SSSR count). The molecule has 0 amide bonds. The fourth-order valence-electron chi connectivity index (χ4n) is 1.70. The number of ether oxygens (including phenoxy) is 1. The summed E-state index contributed by atoms with van der Waals surface area (Å²) in [6.45, 7) is 9.41. The number of benzene rings is 1. The molecule has 0 aliphatic carbocycles. The smallest absolute Gasteiger partial charge is 0.133 e. The maximum absolute atomic E-state index is 13.5. The standard InChI is InChI=1S/C14H25FN2OSi/c1-12(15)13-7-5-6-8-14(13)17(16)11-18-9-10-19(2,3)4/h5-8,12H,9-11,16H2,1-4H3. The van der Waals surface area contributed by atoms with Gasteiger partial charge in [0.25, 0.3) is 0 Å².